The third-order valence-corrected chi connectivity index (χ3v) is 5.88. The predicted molar refractivity (Wildman–Crippen MR) is 119 cm³/mol. The zero-order chi connectivity index (χ0) is 19.6. The second-order valence-corrected chi connectivity index (χ2v) is 7.80. The Morgan fingerprint density at radius 1 is 1.03 bits per heavy atom. The summed E-state index contributed by atoms with van der Waals surface area (Å²) in [5, 5.41) is 1.21. The van der Waals surface area contributed by atoms with Gasteiger partial charge in [0.1, 0.15) is 17.4 Å². The van der Waals surface area contributed by atoms with E-state index in [1.165, 1.54) is 16.5 Å². The third kappa shape index (κ3) is 3.49. The first-order valence-electron chi connectivity index (χ1n) is 10.3. The number of aromatic amines is 1. The molecule has 0 radical (unpaired) electrons. The van der Waals surface area contributed by atoms with E-state index in [2.05, 4.69) is 87.5 Å². The average molecular weight is 385 g/mol. The van der Waals surface area contributed by atoms with Gasteiger partial charge in [-0.15, -0.1) is 0 Å². The van der Waals surface area contributed by atoms with E-state index in [9.17, 15) is 0 Å². The molecule has 29 heavy (non-hydrogen) atoms. The predicted octanol–water partition coefficient (Wildman–Crippen LogP) is 2.84. The molecule has 0 spiro atoms. The lowest BCUT2D eigenvalue weighted by molar-refractivity contribution is -0.894. The van der Waals surface area contributed by atoms with E-state index < -0.39 is 0 Å². The Balaban J connectivity index is 1.31. The van der Waals surface area contributed by atoms with Crippen molar-refractivity contribution in [3.63, 3.8) is 0 Å². The number of rotatable bonds is 4. The number of aromatic nitrogens is 3. The Labute approximate surface area is 170 Å². The second-order valence-electron chi connectivity index (χ2n) is 7.80. The monoisotopic (exact) mass is 384 g/mol. The van der Waals surface area contributed by atoms with Crippen LogP contribution in [0.1, 0.15) is 11.1 Å². The van der Waals surface area contributed by atoms with Crippen molar-refractivity contribution in [1.29, 1.82) is 0 Å². The number of benzene rings is 2. The van der Waals surface area contributed by atoms with E-state index in [1.54, 1.807) is 11.2 Å². The zero-order valence-corrected chi connectivity index (χ0v) is 16.7. The maximum atomic E-state index is 4.64. The molecule has 2 aromatic heterocycles. The number of quaternary nitrogens is 1. The fraction of sp³-hybridized carbons (Fsp3) is 0.250. The molecule has 2 N–H and O–H groups in total. The van der Waals surface area contributed by atoms with Gasteiger partial charge in [-0.1, -0.05) is 48.5 Å². The van der Waals surface area contributed by atoms with Crippen LogP contribution in [0, 0.1) is 6.92 Å². The Morgan fingerprint density at radius 3 is 2.69 bits per heavy atom. The van der Waals surface area contributed by atoms with Crippen molar-refractivity contribution in [2.75, 3.05) is 37.6 Å². The summed E-state index contributed by atoms with van der Waals surface area (Å²) in [6.07, 6.45) is 6.23. The molecule has 0 saturated carbocycles. The molecule has 1 aliphatic rings. The number of anilines is 1. The molecule has 2 aromatic carbocycles. The molecule has 1 fully saturated rings. The molecule has 0 bridgehead atoms. The van der Waals surface area contributed by atoms with Gasteiger partial charge in [0.25, 0.3) is 0 Å². The Kier molecular flexibility index (Phi) is 4.74. The number of hydrogen-bond acceptors (Lipinski definition) is 3. The van der Waals surface area contributed by atoms with Crippen LogP contribution >= 0.6 is 0 Å². The van der Waals surface area contributed by atoms with Crippen molar-refractivity contribution in [2.24, 2.45) is 0 Å². The Hall–Kier alpha value is -3.18. The fourth-order valence-electron chi connectivity index (χ4n) is 4.31. The smallest absolute Gasteiger partial charge is 0.156 e. The molecule has 0 amide bonds. The molecule has 146 valence electrons. The highest BCUT2D eigenvalue weighted by molar-refractivity contribution is 6.09. The van der Waals surface area contributed by atoms with E-state index in [1.807, 2.05) is 0 Å². The third-order valence-electron chi connectivity index (χ3n) is 5.88. The minimum absolute atomic E-state index is 1.01. The van der Waals surface area contributed by atoms with Gasteiger partial charge < -0.3 is 14.8 Å². The summed E-state index contributed by atoms with van der Waals surface area (Å²) >= 11 is 0. The first kappa shape index (κ1) is 17.9. The summed E-state index contributed by atoms with van der Waals surface area (Å²) in [7, 11) is 0. The first-order chi connectivity index (χ1) is 14.3. The van der Waals surface area contributed by atoms with Gasteiger partial charge in [0, 0.05) is 10.9 Å². The van der Waals surface area contributed by atoms with Crippen LogP contribution in [-0.2, 0) is 0 Å². The van der Waals surface area contributed by atoms with Gasteiger partial charge in [-0.25, -0.2) is 9.97 Å². The van der Waals surface area contributed by atoms with Crippen LogP contribution in [0.15, 0.2) is 60.9 Å². The van der Waals surface area contributed by atoms with Gasteiger partial charge in [0.2, 0.25) is 0 Å². The van der Waals surface area contributed by atoms with Crippen LogP contribution in [0.4, 0.5) is 5.82 Å². The molecule has 0 unspecified atom stereocenters. The fourth-order valence-corrected chi connectivity index (χ4v) is 4.31. The van der Waals surface area contributed by atoms with Crippen molar-refractivity contribution >= 4 is 33.8 Å². The molecule has 1 saturated heterocycles. The van der Waals surface area contributed by atoms with Gasteiger partial charge in [-0.3, -0.25) is 0 Å². The molecule has 3 heterocycles. The van der Waals surface area contributed by atoms with E-state index in [4.69, 9.17) is 0 Å². The molecule has 5 rings (SSSR count). The Bertz CT molecular complexity index is 1150. The van der Waals surface area contributed by atoms with Crippen molar-refractivity contribution in [3.8, 4) is 0 Å². The second kappa shape index (κ2) is 7.68. The van der Waals surface area contributed by atoms with Gasteiger partial charge in [-0.05, 0) is 30.2 Å². The van der Waals surface area contributed by atoms with Crippen LogP contribution < -0.4 is 9.80 Å². The first-order valence-corrected chi connectivity index (χ1v) is 10.3. The lowest BCUT2D eigenvalue weighted by Gasteiger charge is -2.32. The van der Waals surface area contributed by atoms with Crippen LogP contribution in [0.3, 0.4) is 0 Å². The molecule has 0 aliphatic carbocycles. The molecular weight excluding hydrogens is 358 g/mol. The van der Waals surface area contributed by atoms with Gasteiger partial charge in [0.15, 0.2) is 5.82 Å². The minimum Gasteiger partial charge on any atom is -0.350 e. The lowest BCUT2D eigenvalue weighted by Crippen LogP contribution is -3.14. The summed E-state index contributed by atoms with van der Waals surface area (Å²) in [4.78, 5) is 16.8. The number of nitrogens with zero attached hydrogens (tertiary/aromatic N) is 3. The summed E-state index contributed by atoms with van der Waals surface area (Å²) in [5.74, 6) is 1.03. The van der Waals surface area contributed by atoms with Crippen molar-refractivity contribution in [3.05, 3.63) is 72.1 Å². The highest BCUT2D eigenvalue weighted by Crippen LogP contribution is 2.30. The number of piperazine rings is 1. The number of aryl methyl sites for hydroxylation is 1. The minimum atomic E-state index is 1.01. The number of nitrogens with one attached hydrogen (secondary N) is 2. The molecule has 4 aromatic rings. The number of hydrogen-bond donors (Lipinski definition) is 2. The highest BCUT2D eigenvalue weighted by Gasteiger charge is 2.23. The molecule has 5 heteroatoms. The highest BCUT2D eigenvalue weighted by atomic mass is 15.3. The van der Waals surface area contributed by atoms with Gasteiger partial charge in [-0.2, -0.15) is 0 Å². The van der Waals surface area contributed by atoms with Crippen LogP contribution in [0.25, 0.3) is 28.0 Å². The van der Waals surface area contributed by atoms with Gasteiger partial charge in [0.05, 0.1) is 32.7 Å². The summed E-state index contributed by atoms with van der Waals surface area (Å²) < 4.78 is 0. The van der Waals surface area contributed by atoms with Crippen molar-refractivity contribution in [1.82, 2.24) is 15.0 Å². The number of H-pyrrole nitrogens is 1. The summed E-state index contributed by atoms with van der Waals surface area (Å²) in [6, 6.07) is 16.9. The standard InChI is InChI=1S/C24H25N5/c1-18-7-5-11-20-21(18)22-23(27-20)24(26-17-25-22)29-15-13-28(14-16-29)12-6-10-19-8-3-2-4-9-19/h2-11,17,27H,12-16H2,1H3/p+1/b10-6+. The zero-order valence-electron chi connectivity index (χ0n) is 16.7. The van der Waals surface area contributed by atoms with Gasteiger partial charge >= 0.3 is 0 Å². The van der Waals surface area contributed by atoms with Crippen molar-refractivity contribution < 1.29 is 4.90 Å². The Morgan fingerprint density at radius 2 is 1.86 bits per heavy atom. The molecule has 1 aliphatic heterocycles. The van der Waals surface area contributed by atoms with E-state index >= 15 is 0 Å². The normalized spacial score (nSPS) is 15.7. The lowest BCUT2D eigenvalue weighted by atomic mass is 10.1. The van der Waals surface area contributed by atoms with E-state index in [0.29, 0.717) is 0 Å². The largest absolute Gasteiger partial charge is 0.350 e. The van der Waals surface area contributed by atoms with Crippen LogP contribution in [-0.4, -0.2) is 47.7 Å². The summed E-state index contributed by atoms with van der Waals surface area (Å²) in [6.45, 7) is 7.45. The average Bonchev–Trinajstić information content (AvgIpc) is 3.15. The molecule has 0 atom stereocenters. The van der Waals surface area contributed by atoms with Crippen molar-refractivity contribution in [2.45, 2.75) is 6.92 Å². The maximum Gasteiger partial charge on any atom is 0.156 e. The summed E-state index contributed by atoms with van der Waals surface area (Å²) in [5.41, 5.74) is 5.74. The molecular formula is C24H26N5+. The van der Waals surface area contributed by atoms with Crippen LogP contribution in [0.5, 0.6) is 0 Å². The SMILES string of the molecule is Cc1cccc2[nH]c3c(N4CC[NH+](C/C=C/c5ccccc5)CC4)ncnc3c12. The van der Waals surface area contributed by atoms with E-state index in [-0.39, 0.29) is 0 Å². The van der Waals surface area contributed by atoms with Crippen LogP contribution in [0.2, 0.25) is 0 Å². The van der Waals surface area contributed by atoms with E-state index in [0.717, 1.165) is 55.1 Å². The number of fused-ring (bicyclic) bond motifs is 3. The topological polar surface area (TPSA) is 49.2 Å². The quantitative estimate of drug-likeness (QED) is 0.569. The maximum absolute atomic E-state index is 4.64. The molecule has 5 nitrogen and oxygen atoms in total.